The molecule has 4 nitrogen and oxygen atoms in total. The van der Waals surface area contributed by atoms with E-state index in [0.717, 1.165) is 26.2 Å². The van der Waals surface area contributed by atoms with Crippen molar-refractivity contribution in [2.24, 2.45) is 0 Å². The molecule has 0 radical (unpaired) electrons. The van der Waals surface area contributed by atoms with Crippen LogP contribution in [0.15, 0.2) is 0 Å². The van der Waals surface area contributed by atoms with E-state index in [9.17, 15) is 4.79 Å². The zero-order chi connectivity index (χ0) is 14.8. The Bertz CT molecular complexity index is 263. The zero-order valence-electron chi connectivity index (χ0n) is 13.3. The number of carboxylic acids is 1. The van der Waals surface area contributed by atoms with E-state index in [0.29, 0.717) is 0 Å². The monoisotopic (exact) mass is 284 g/mol. The lowest BCUT2D eigenvalue weighted by Gasteiger charge is -2.36. The van der Waals surface area contributed by atoms with Crippen molar-refractivity contribution in [2.75, 3.05) is 32.7 Å². The lowest BCUT2D eigenvalue weighted by molar-refractivity contribution is -0.143. The number of nitrogens with zero attached hydrogens (tertiary/aromatic N) is 2. The Hall–Kier alpha value is -0.610. The van der Waals surface area contributed by atoms with Crippen molar-refractivity contribution in [3.63, 3.8) is 0 Å². The molecule has 4 heteroatoms. The molecule has 1 saturated heterocycles. The van der Waals surface area contributed by atoms with Gasteiger partial charge in [-0.1, -0.05) is 45.4 Å². The fourth-order valence-corrected chi connectivity index (χ4v) is 2.82. The van der Waals surface area contributed by atoms with E-state index < -0.39 is 5.97 Å². The Morgan fingerprint density at radius 1 is 1.00 bits per heavy atom. The normalized spacial score (nSPS) is 19.1. The molecule has 1 N–H and O–H groups in total. The standard InChI is InChI=1S/C16H32N2O2/c1-3-4-5-6-7-8-9-10-17-11-13-18(14-12-17)15(2)16(19)20/h15H,3-14H2,1-2H3,(H,19,20). The number of rotatable bonds is 10. The minimum absolute atomic E-state index is 0.337. The Labute approximate surface area is 124 Å². The summed E-state index contributed by atoms with van der Waals surface area (Å²) in [6.07, 6.45) is 9.48. The minimum Gasteiger partial charge on any atom is -0.480 e. The molecule has 1 rings (SSSR count). The quantitative estimate of drug-likeness (QED) is 0.627. The van der Waals surface area contributed by atoms with Crippen LogP contribution in [0.25, 0.3) is 0 Å². The number of carboxylic acid groups (broad SMARTS) is 1. The van der Waals surface area contributed by atoms with Crippen LogP contribution in [-0.2, 0) is 4.79 Å². The molecule has 0 spiro atoms. The van der Waals surface area contributed by atoms with E-state index in [1.54, 1.807) is 6.92 Å². The van der Waals surface area contributed by atoms with Crippen molar-refractivity contribution in [3.05, 3.63) is 0 Å². The fourth-order valence-electron chi connectivity index (χ4n) is 2.82. The van der Waals surface area contributed by atoms with Crippen LogP contribution in [0.3, 0.4) is 0 Å². The molecule has 0 aromatic heterocycles. The van der Waals surface area contributed by atoms with Crippen LogP contribution >= 0.6 is 0 Å². The first kappa shape index (κ1) is 17.4. The first-order chi connectivity index (χ1) is 9.65. The molecule has 0 aromatic carbocycles. The topological polar surface area (TPSA) is 43.8 Å². The third kappa shape index (κ3) is 6.71. The number of hydrogen-bond acceptors (Lipinski definition) is 3. The smallest absolute Gasteiger partial charge is 0.320 e. The van der Waals surface area contributed by atoms with E-state index in [-0.39, 0.29) is 6.04 Å². The molecule has 118 valence electrons. The highest BCUT2D eigenvalue weighted by Gasteiger charge is 2.24. The van der Waals surface area contributed by atoms with E-state index >= 15 is 0 Å². The van der Waals surface area contributed by atoms with Gasteiger partial charge in [0.2, 0.25) is 0 Å². The van der Waals surface area contributed by atoms with E-state index in [1.165, 1.54) is 51.5 Å². The predicted octanol–water partition coefficient (Wildman–Crippen LogP) is 2.83. The van der Waals surface area contributed by atoms with Gasteiger partial charge in [-0.3, -0.25) is 9.69 Å². The van der Waals surface area contributed by atoms with Crippen LogP contribution in [0.2, 0.25) is 0 Å². The highest BCUT2D eigenvalue weighted by Crippen LogP contribution is 2.10. The first-order valence-electron chi connectivity index (χ1n) is 8.34. The molecule has 1 fully saturated rings. The molecule has 0 amide bonds. The Kier molecular flexibility index (Phi) is 8.86. The van der Waals surface area contributed by atoms with Gasteiger partial charge in [0.05, 0.1) is 0 Å². The van der Waals surface area contributed by atoms with Gasteiger partial charge in [-0.2, -0.15) is 0 Å². The van der Waals surface area contributed by atoms with Gasteiger partial charge < -0.3 is 10.0 Å². The van der Waals surface area contributed by atoms with Gasteiger partial charge in [0, 0.05) is 26.2 Å². The van der Waals surface area contributed by atoms with Crippen molar-refractivity contribution in [2.45, 2.75) is 64.8 Å². The molecular formula is C16H32N2O2. The molecule has 0 aromatic rings. The van der Waals surface area contributed by atoms with Crippen LogP contribution in [0, 0.1) is 0 Å². The van der Waals surface area contributed by atoms with E-state index in [2.05, 4.69) is 16.7 Å². The summed E-state index contributed by atoms with van der Waals surface area (Å²) in [5.74, 6) is -0.703. The third-order valence-electron chi connectivity index (χ3n) is 4.39. The second-order valence-corrected chi connectivity index (χ2v) is 6.01. The summed E-state index contributed by atoms with van der Waals surface area (Å²) < 4.78 is 0. The molecular weight excluding hydrogens is 252 g/mol. The highest BCUT2D eigenvalue weighted by molar-refractivity contribution is 5.72. The van der Waals surface area contributed by atoms with Gasteiger partial charge in [0.1, 0.15) is 6.04 Å². The van der Waals surface area contributed by atoms with Crippen molar-refractivity contribution in [3.8, 4) is 0 Å². The lowest BCUT2D eigenvalue weighted by atomic mass is 10.1. The van der Waals surface area contributed by atoms with Gasteiger partial charge >= 0.3 is 5.97 Å². The van der Waals surface area contributed by atoms with Gasteiger partial charge in [-0.25, -0.2) is 0 Å². The second-order valence-electron chi connectivity index (χ2n) is 6.01. The van der Waals surface area contributed by atoms with Gasteiger partial charge in [0.25, 0.3) is 0 Å². The van der Waals surface area contributed by atoms with Crippen molar-refractivity contribution < 1.29 is 9.90 Å². The second kappa shape index (κ2) is 10.2. The maximum atomic E-state index is 10.9. The summed E-state index contributed by atoms with van der Waals surface area (Å²) in [6, 6.07) is -0.337. The molecule has 1 atom stereocenters. The summed E-state index contributed by atoms with van der Waals surface area (Å²) >= 11 is 0. The Balaban J connectivity index is 2.01. The third-order valence-corrected chi connectivity index (χ3v) is 4.39. The molecule has 1 aliphatic heterocycles. The Morgan fingerprint density at radius 2 is 1.55 bits per heavy atom. The summed E-state index contributed by atoms with van der Waals surface area (Å²) in [5.41, 5.74) is 0. The number of hydrogen-bond donors (Lipinski definition) is 1. The van der Waals surface area contributed by atoms with Crippen LogP contribution in [0.1, 0.15) is 58.8 Å². The zero-order valence-corrected chi connectivity index (χ0v) is 13.3. The van der Waals surface area contributed by atoms with Crippen LogP contribution < -0.4 is 0 Å². The fraction of sp³-hybridized carbons (Fsp3) is 0.938. The summed E-state index contributed by atoms with van der Waals surface area (Å²) in [6.45, 7) is 9.05. The average molecular weight is 284 g/mol. The highest BCUT2D eigenvalue weighted by atomic mass is 16.4. The van der Waals surface area contributed by atoms with Gasteiger partial charge in [-0.15, -0.1) is 0 Å². The molecule has 0 aliphatic carbocycles. The van der Waals surface area contributed by atoms with Crippen molar-refractivity contribution in [1.29, 1.82) is 0 Å². The number of piperazine rings is 1. The molecule has 20 heavy (non-hydrogen) atoms. The van der Waals surface area contributed by atoms with Gasteiger partial charge in [0.15, 0.2) is 0 Å². The summed E-state index contributed by atoms with van der Waals surface area (Å²) in [4.78, 5) is 15.5. The van der Waals surface area contributed by atoms with Crippen molar-refractivity contribution in [1.82, 2.24) is 9.80 Å². The SMILES string of the molecule is CCCCCCCCCN1CCN(C(C)C(=O)O)CC1. The number of unbranched alkanes of at least 4 members (excludes halogenated alkanes) is 6. The largest absolute Gasteiger partial charge is 0.480 e. The number of aliphatic carboxylic acids is 1. The maximum absolute atomic E-state index is 10.9. The van der Waals surface area contributed by atoms with E-state index in [4.69, 9.17) is 5.11 Å². The maximum Gasteiger partial charge on any atom is 0.320 e. The Morgan fingerprint density at radius 3 is 2.10 bits per heavy atom. The predicted molar refractivity (Wildman–Crippen MR) is 83.1 cm³/mol. The first-order valence-corrected chi connectivity index (χ1v) is 8.34. The molecule has 1 heterocycles. The van der Waals surface area contributed by atoms with E-state index in [1.807, 2.05) is 0 Å². The molecule has 1 unspecified atom stereocenters. The summed E-state index contributed by atoms with van der Waals surface area (Å²) in [5, 5.41) is 9.01. The van der Waals surface area contributed by atoms with Crippen LogP contribution in [-0.4, -0.2) is 59.6 Å². The van der Waals surface area contributed by atoms with Crippen LogP contribution in [0.5, 0.6) is 0 Å². The molecule has 1 aliphatic rings. The number of carbonyl (C=O) groups is 1. The lowest BCUT2D eigenvalue weighted by Crippen LogP contribution is -2.51. The molecule has 0 bridgehead atoms. The average Bonchev–Trinajstić information content (AvgIpc) is 2.46. The molecule has 0 saturated carbocycles. The minimum atomic E-state index is -0.703. The van der Waals surface area contributed by atoms with Gasteiger partial charge in [-0.05, 0) is 19.9 Å². The van der Waals surface area contributed by atoms with Crippen LogP contribution in [0.4, 0.5) is 0 Å². The summed E-state index contributed by atoms with van der Waals surface area (Å²) in [7, 11) is 0. The van der Waals surface area contributed by atoms with Crippen molar-refractivity contribution >= 4 is 5.97 Å².